The number of aromatic nitrogens is 2. The maximum Gasteiger partial charge on any atom is 0.266 e. The monoisotopic (exact) mass is 451 g/mol. The first-order valence-electron chi connectivity index (χ1n) is 10.1. The molecule has 0 bridgehead atoms. The summed E-state index contributed by atoms with van der Waals surface area (Å²) in [5.74, 6) is 0.410. The third-order valence-electron chi connectivity index (χ3n) is 5.19. The highest BCUT2D eigenvalue weighted by atomic mass is 35.5. The third-order valence-corrected chi connectivity index (χ3v) is 6.37. The summed E-state index contributed by atoms with van der Waals surface area (Å²) >= 11 is 7.88. The minimum Gasteiger partial charge on any atom is -0.328 e. The van der Waals surface area contributed by atoms with Crippen LogP contribution in [0.1, 0.15) is 41.8 Å². The number of nitrogens with zero attached hydrogens (tertiary/aromatic N) is 3. The Morgan fingerprint density at radius 1 is 1.13 bits per heavy atom. The van der Waals surface area contributed by atoms with E-state index in [2.05, 4.69) is 0 Å². The van der Waals surface area contributed by atoms with Crippen LogP contribution in [0.3, 0.4) is 0 Å². The summed E-state index contributed by atoms with van der Waals surface area (Å²) < 4.78 is 1.54. The summed E-state index contributed by atoms with van der Waals surface area (Å²) in [5, 5.41) is 2.84. The summed E-state index contributed by atoms with van der Waals surface area (Å²) in [6.45, 7) is 4.48. The van der Waals surface area contributed by atoms with Crippen LogP contribution >= 0.6 is 22.9 Å². The molecule has 0 saturated carbocycles. The van der Waals surface area contributed by atoms with E-state index >= 15 is 0 Å². The smallest absolute Gasteiger partial charge is 0.266 e. The van der Waals surface area contributed by atoms with Crippen molar-refractivity contribution in [2.75, 3.05) is 6.54 Å². The average molecular weight is 452 g/mol. The molecule has 2 heterocycles. The molecular formula is C24H22ClN3O2S. The van der Waals surface area contributed by atoms with Gasteiger partial charge in [0, 0.05) is 6.54 Å². The number of carbonyl (C=O) groups is 1. The Morgan fingerprint density at radius 3 is 2.58 bits per heavy atom. The van der Waals surface area contributed by atoms with Crippen LogP contribution in [-0.4, -0.2) is 26.9 Å². The molecule has 0 aliphatic heterocycles. The zero-order valence-corrected chi connectivity index (χ0v) is 18.9. The topological polar surface area (TPSA) is 55.2 Å². The van der Waals surface area contributed by atoms with E-state index in [4.69, 9.17) is 16.6 Å². The maximum absolute atomic E-state index is 13.5. The number of benzene rings is 2. The number of halogens is 1. The van der Waals surface area contributed by atoms with Crippen molar-refractivity contribution in [2.45, 2.75) is 26.3 Å². The van der Waals surface area contributed by atoms with Crippen molar-refractivity contribution >= 4 is 39.7 Å². The molecule has 2 aromatic carbocycles. The maximum atomic E-state index is 13.5. The van der Waals surface area contributed by atoms with Gasteiger partial charge < -0.3 is 4.90 Å². The molecule has 0 saturated heterocycles. The number of fused-ring (bicyclic) bond motifs is 1. The largest absolute Gasteiger partial charge is 0.328 e. The van der Waals surface area contributed by atoms with Crippen LogP contribution in [0.25, 0.3) is 16.6 Å². The molecule has 4 aromatic rings. The molecule has 1 amide bonds. The Morgan fingerprint density at radius 2 is 1.87 bits per heavy atom. The lowest BCUT2D eigenvalue weighted by Gasteiger charge is -2.30. The van der Waals surface area contributed by atoms with Gasteiger partial charge in [-0.3, -0.25) is 14.2 Å². The summed E-state index contributed by atoms with van der Waals surface area (Å²) in [6, 6.07) is 17.7. The fourth-order valence-corrected chi connectivity index (χ4v) is 4.59. The lowest BCUT2D eigenvalue weighted by Crippen LogP contribution is -2.37. The Kier molecular flexibility index (Phi) is 6.20. The molecule has 0 aliphatic carbocycles. The van der Waals surface area contributed by atoms with E-state index in [-0.39, 0.29) is 11.5 Å². The van der Waals surface area contributed by atoms with Crippen LogP contribution in [0.2, 0.25) is 5.02 Å². The molecule has 2 aromatic heterocycles. The van der Waals surface area contributed by atoms with E-state index in [1.165, 1.54) is 11.3 Å². The molecule has 0 spiro atoms. The number of thiophene rings is 1. The van der Waals surface area contributed by atoms with Crippen LogP contribution in [0, 0.1) is 0 Å². The van der Waals surface area contributed by atoms with Crippen molar-refractivity contribution in [1.82, 2.24) is 14.5 Å². The Labute approximate surface area is 189 Å². The van der Waals surface area contributed by atoms with Gasteiger partial charge in [-0.15, -0.1) is 11.3 Å². The standard InChI is InChI=1S/C24H22ClN3O2S/c1-3-14-27(24(30)21-13-8-15-31-21)16(2)22-26-19-11-6-4-9-17(19)23(29)28(22)20-12-7-5-10-18(20)25/h4-13,15-16H,3,14H2,1-2H3. The second-order valence-corrected chi connectivity index (χ2v) is 8.59. The highest BCUT2D eigenvalue weighted by Gasteiger charge is 2.28. The molecule has 4 rings (SSSR count). The minimum absolute atomic E-state index is 0.0718. The number of carbonyl (C=O) groups excluding carboxylic acids is 1. The number of hydrogen-bond donors (Lipinski definition) is 0. The molecule has 1 atom stereocenters. The molecule has 7 heteroatoms. The van der Waals surface area contributed by atoms with Gasteiger partial charge in [-0.05, 0) is 49.1 Å². The first-order chi connectivity index (χ1) is 15.0. The van der Waals surface area contributed by atoms with Crippen molar-refractivity contribution in [3.63, 3.8) is 0 Å². The zero-order valence-electron chi connectivity index (χ0n) is 17.3. The number of para-hydroxylation sites is 2. The lowest BCUT2D eigenvalue weighted by atomic mass is 10.1. The van der Waals surface area contributed by atoms with Gasteiger partial charge in [-0.1, -0.05) is 48.9 Å². The highest BCUT2D eigenvalue weighted by molar-refractivity contribution is 7.12. The molecular weight excluding hydrogens is 430 g/mol. The van der Waals surface area contributed by atoms with E-state index in [0.717, 1.165) is 6.42 Å². The molecule has 0 fully saturated rings. The highest BCUT2D eigenvalue weighted by Crippen LogP contribution is 2.28. The van der Waals surface area contributed by atoms with Gasteiger partial charge in [-0.25, -0.2) is 4.98 Å². The molecule has 5 nitrogen and oxygen atoms in total. The average Bonchev–Trinajstić information content (AvgIpc) is 3.32. The van der Waals surface area contributed by atoms with Crippen molar-refractivity contribution in [3.05, 3.63) is 92.1 Å². The molecule has 1 unspecified atom stereocenters. The molecule has 0 N–H and O–H groups in total. The Balaban J connectivity index is 1.95. The van der Waals surface area contributed by atoms with Gasteiger partial charge in [0.05, 0.1) is 32.5 Å². The third kappa shape index (κ3) is 4.01. The molecule has 0 radical (unpaired) electrons. The fourth-order valence-electron chi connectivity index (χ4n) is 3.69. The van der Waals surface area contributed by atoms with Crippen molar-refractivity contribution < 1.29 is 4.79 Å². The Bertz CT molecular complexity index is 1280. The van der Waals surface area contributed by atoms with Gasteiger partial charge in [-0.2, -0.15) is 0 Å². The second-order valence-electron chi connectivity index (χ2n) is 7.23. The lowest BCUT2D eigenvalue weighted by molar-refractivity contribution is 0.0686. The summed E-state index contributed by atoms with van der Waals surface area (Å²) in [7, 11) is 0. The van der Waals surface area contributed by atoms with Crippen LogP contribution in [0.4, 0.5) is 0 Å². The van der Waals surface area contributed by atoms with Crippen LogP contribution < -0.4 is 5.56 Å². The van der Waals surface area contributed by atoms with Gasteiger partial charge in [0.15, 0.2) is 0 Å². The summed E-state index contributed by atoms with van der Waals surface area (Å²) in [5.41, 5.74) is 0.938. The van der Waals surface area contributed by atoms with E-state index in [0.29, 0.717) is 38.9 Å². The summed E-state index contributed by atoms with van der Waals surface area (Å²) in [4.78, 5) is 34.1. The first-order valence-corrected chi connectivity index (χ1v) is 11.4. The number of hydrogen-bond acceptors (Lipinski definition) is 4. The van der Waals surface area contributed by atoms with E-state index < -0.39 is 6.04 Å². The van der Waals surface area contributed by atoms with Crippen molar-refractivity contribution in [1.29, 1.82) is 0 Å². The normalized spacial score (nSPS) is 12.1. The van der Waals surface area contributed by atoms with Crippen LogP contribution in [0.5, 0.6) is 0 Å². The quantitative estimate of drug-likeness (QED) is 0.377. The first kappa shape index (κ1) is 21.3. The fraction of sp³-hybridized carbons (Fsp3) is 0.208. The summed E-state index contributed by atoms with van der Waals surface area (Å²) in [6.07, 6.45) is 0.783. The predicted octanol–water partition coefficient (Wildman–Crippen LogP) is 5.71. The van der Waals surface area contributed by atoms with Crippen LogP contribution in [-0.2, 0) is 0 Å². The number of amides is 1. The predicted molar refractivity (Wildman–Crippen MR) is 126 cm³/mol. The number of rotatable bonds is 6. The van der Waals surface area contributed by atoms with Gasteiger partial charge >= 0.3 is 0 Å². The zero-order chi connectivity index (χ0) is 22.0. The minimum atomic E-state index is -0.442. The molecule has 158 valence electrons. The molecule has 0 aliphatic rings. The Hall–Kier alpha value is -2.96. The second kappa shape index (κ2) is 9.04. The van der Waals surface area contributed by atoms with Gasteiger partial charge in [0.25, 0.3) is 11.5 Å². The molecule has 31 heavy (non-hydrogen) atoms. The van der Waals surface area contributed by atoms with E-state index in [1.807, 2.05) is 61.7 Å². The van der Waals surface area contributed by atoms with Crippen LogP contribution in [0.15, 0.2) is 70.8 Å². The SMILES string of the molecule is CCCN(C(=O)c1cccs1)C(C)c1nc2ccccc2c(=O)n1-c1ccccc1Cl. The van der Waals surface area contributed by atoms with Gasteiger partial charge in [0.1, 0.15) is 5.82 Å². The van der Waals surface area contributed by atoms with Gasteiger partial charge in [0.2, 0.25) is 0 Å². The van der Waals surface area contributed by atoms with Crippen molar-refractivity contribution in [3.8, 4) is 5.69 Å². The van der Waals surface area contributed by atoms with Crippen molar-refractivity contribution in [2.24, 2.45) is 0 Å². The van der Waals surface area contributed by atoms with E-state index in [1.54, 1.807) is 27.7 Å². The van der Waals surface area contributed by atoms with E-state index in [9.17, 15) is 9.59 Å².